The van der Waals surface area contributed by atoms with Gasteiger partial charge >= 0.3 is 5.97 Å². The van der Waals surface area contributed by atoms with Crippen LogP contribution in [0, 0.1) is 5.41 Å². The molecule has 1 aliphatic rings. The molecule has 0 aromatic heterocycles. The molecule has 30 heavy (non-hydrogen) atoms. The molecule has 150 valence electrons. The number of thiocarbonyl (C=S) groups is 1. The molecule has 0 spiro atoms. The van der Waals surface area contributed by atoms with Gasteiger partial charge in [0, 0.05) is 16.6 Å². The number of hydrogen-bond acceptors (Lipinski definition) is 2. The summed E-state index contributed by atoms with van der Waals surface area (Å²) in [5.74, 6) is -0.947. The van der Waals surface area contributed by atoms with Gasteiger partial charge < -0.3 is 10.4 Å². The van der Waals surface area contributed by atoms with Gasteiger partial charge in [-0.15, -0.1) is 0 Å². The van der Waals surface area contributed by atoms with Crippen molar-refractivity contribution in [2.45, 2.75) is 20.3 Å². The third kappa shape index (κ3) is 4.05. The van der Waals surface area contributed by atoms with Gasteiger partial charge in [0.05, 0.1) is 5.56 Å². The fraction of sp³-hybridized carbons (Fsp3) is 0.154. The average molecular weight is 414 g/mol. The molecule has 1 aliphatic carbocycles. The van der Waals surface area contributed by atoms with Crippen LogP contribution in [0.1, 0.15) is 41.8 Å². The van der Waals surface area contributed by atoms with Crippen LogP contribution in [-0.2, 0) is 0 Å². The summed E-state index contributed by atoms with van der Waals surface area (Å²) in [5.41, 5.74) is 4.61. The van der Waals surface area contributed by atoms with Gasteiger partial charge in [-0.05, 0) is 46.6 Å². The quantitative estimate of drug-likeness (QED) is 0.468. The van der Waals surface area contributed by atoms with Gasteiger partial charge in [-0.3, -0.25) is 0 Å². The maximum atomic E-state index is 11.1. The summed E-state index contributed by atoms with van der Waals surface area (Å²) < 4.78 is 0. The molecule has 0 heterocycles. The van der Waals surface area contributed by atoms with Crippen LogP contribution in [0.4, 0.5) is 5.69 Å². The van der Waals surface area contributed by atoms with E-state index < -0.39 is 5.97 Å². The summed E-state index contributed by atoms with van der Waals surface area (Å²) in [5, 5.41) is 14.8. The molecular formula is C26H23NO2S. The van der Waals surface area contributed by atoms with Crippen LogP contribution in [0.2, 0.25) is 0 Å². The Kier molecular flexibility index (Phi) is 5.27. The lowest BCUT2D eigenvalue weighted by Gasteiger charge is -2.26. The van der Waals surface area contributed by atoms with E-state index in [-0.39, 0.29) is 11.0 Å². The first-order valence-corrected chi connectivity index (χ1v) is 10.3. The number of benzene rings is 3. The lowest BCUT2D eigenvalue weighted by Crippen LogP contribution is -2.13. The van der Waals surface area contributed by atoms with Crippen LogP contribution in [0.3, 0.4) is 0 Å². The largest absolute Gasteiger partial charge is 0.478 e. The summed E-state index contributed by atoms with van der Waals surface area (Å²) in [6.07, 6.45) is 7.55. The number of carboxylic acid groups (broad SMARTS) is 1. The van der Waals surface area contributed by atoms with Crippen LogP contribution in [0.5, 0.6) is 0 Å². The van der Waals surface area contributed by atoms with E-state index in [1.807, 2.05) is 12.1 Å². The predicted molar refractivity (Wildman–Crippen MR) is 128 cm³/mol. The molecule has 0 saturated carbocycles. The Bertz CT molecular complexity index is 1200. The van der Waals surface area contributed by atoms with Crippen LogP contribution < -0.4 is 5.32 Å². The van der Waals surface area contributed by atoms with E-state index in [0.29, 0.717) is 4.99 Å². The Morgan fingerprint density at radius 1 is 1.00 bits per heavy atom. The first-order valence-electron chi connectivity index (χ1n) is 9.89. The maximum absolute atomic E-state index is 11.1. The second-order valence-electron chi connectivity index (χ2n) is 8.26. The van der Waals surface area contributed by atoms with Crippen molar-refractivity contribution in [2.24, 2.45) is 5.41 Å². The third-order valence-corrected chi connectivity index (χ3v) is 5.72. The third-order valence-electron chi connectivity index (χ3n) is 5.38. The molecule has 0 atom stereocenters. The first kappa shape index (κ1) is 20.0. The van der Waals surface area contributed by atoms with E-state index in [1.54, 1.807) is 24.3 Å². The molecule has 4 heteroatoms. The van der Waals surface area contributed by atoms with Crippen molar-refractivity contribution < 1.29 is 9.90 Å². The molecule has 2 N–H and O–H groups in total. The van der Waals surface area contributed by atoms with E-state index in [1.165, 1.54) is 11.1 Å². The molecule has 3 aromatic rings. The van der Waals surface area contributed by atoms with Crippen molar-refractivity contribution in [3.8, 4) is 0 Å². The van der Waals surface area contributed by atoms with Crippen molar-refractivity contribution in [1.82, 2.24) is 0 Å². The minimum Gasteiger partial charge on any atom is -0.478 e. The maximum Gasteiger partial charge on any atom is 0.335 e. The van der Waals surface area contributed by atoms with E-state index in [0.717, 1.165) is 28.4 Å². The number of aromatic carboxylic acids is 1. The number of hydrogen-bond donors (Lipinski definition) is 2. The minimum atomic E-state index is -0.947. The number of fused-ring (bicyclic) bond motifs is 1. The number of rotatable bonds is 4. The van der Waals surface area contributed by atoms with Crippen molar-refractivity contribution in [3.63, 3.8) is 0 Å². The number of nitrogens with one attached hydrogen (secondary N) is 1. The highest BCUT2D eigenvalue weighted by Gasteiger charge is 2.21. The number of anilines is 1. The van der Waals surface area contributed by atoms with Gasteiger partial charge in [0.25, 0.3) is 0 Å². The minimum absolute atomic E-state index is 0.121. The second kappa shape index (κ2) is 7.88. The van der Waals surface area contributed by atoms with Crippen LogP contribution in [-0.4, -0.2) is 16.1 Å². The number of carbonyl (C=O) groups is 1. The molecule has 3 aromatic carbocycles. The molecule has 0 amide bonds. The van der Waals surface area contributed by atoms with E-state index in [9.17, 15) is 4.79 Å². The lowest BCUT2D eigenvalue weighted by atomic mass is 9.79. The molecule has 0 unspecified atom stereocenters. The Balaban J connectivity index is 1.73. The highest BCUT2D eigenvalue weighted by molar-refractivity contribution is 7.81. The van der Waals surface area contributed by atoms with Crippen LogP contribution >= 0.6 is 12.2 Å². The molecule has 3 nitrogen and oxygen atoms in total. The normalized spacial score (nSPS) is 14.9. The van der Waals surface area contributed by atoms with Gasteiger partial charge in [0.2, 0.25) is 0 Å². The summed E-state index contributed by atoms with van der Waals surface area (Å²) in [4.78, 5) is 11.7. The van der Waals surface area contributed by atoms with Crippen LogP contribution in [0.25, 0.3) is 16.3 Å². The second-order valence-corrected chi connectivity index (χ2v) is 8.67. The Morgan fingerprint density at radius 3 is 2.33 bits per heavy atom. The Labute approximate surface area is 181 Å². The molecule has 0 fully saturated rings. The smallest absolute Gasteiger partial charge is 0.335 e. The predicted octanol–water partition coefficient (Wildman–Crippen LogP) is 6.70. The van der Waals surface area contributed by atoms with E-state index in [4.69, 9.17) is 17.3 Å². The summed E-state index contributed by atoms with van der Waals surface area (Å²) in [6, 6.07) is 19.2. The molecule has 0 saturated heterocycles. The zero-order valence-corrected chi connectivity index (χ0v) is 17.8. The fourth-order valence-electron chi connectivity index (χ4n) is 3.89. The zero-order chi connectivity index (χ0) is 21.3. The molecule has 0 aliphatic heterocycles. The highest BCUT2D eigenvalue weighted by Crippen LogP contribution is 2.40. The van der Waals surface area contributed by atoms with Gasteiger partial charge in [-0.25, -0.2) is 4.79 Å². The average Bonchev–Trinajstić information content (AvgIpc) is 2.73. The topological polar surface area (TPSA) is 49.3 Å². The van der Waals surface area contributed by atoms with Gasteiger partial charge in [-0.2, -0.15) is 0 Å². The molecule has 0 bridgehead atoms. The fourth-order valence-corrected chi connectivity index (χ4v) is 4.14. The SMILES string of the molecule is CC1(C)C=CC=C(c2cccc3cccc(NC(=S)c4ccc(C(=O)O)cc4)c23)C1. The monoisotopic (exact) mass is 413 g/mol. The summed E-state index contributed by atoms with van der Waals surface area (Å²) >= 11 is 5.63. The summed E-state index contributed by atoms with van der Waals surface area (Å²) in [6.45, 7) is 4.49. The molecule has 4 rings (SSSR count). The highest BCUT2D eigenvalue weighted by atomic mass is 32.1. The van der Waals surface area contributed by atoms with Crippen LogP contribution in [0.15, 0.2) is 78.9 Å². The number of carboxylic acids is 1. The van der Waals surface area contributed by atoms with E-state index in [2.05, 4.69) is 61.7 Å². The van der Waals surface area contributed by atoms with E-state index >= 15 is 0 Å². The molecule has 0 radical (unpaired) electrons. The zero-order valence-electron chi connectivity index (χ0n) is 17.0. The van der Waals surface area contributed by atoms with Crippen molar-refractivity contribution >= 4 is 45.2 Å². The standard InChI is InChI=1S/C26H23NO2S/c1-26(2)15-5-8-20(16-26)21-9-3-6-17-7-4-10-22(23(17)21)27-24(30)18-11-13-19(14-12-18)25(28)29/h3-15H,16H2,1-2H3,(H,27,30)(H,28,29). The Hall–Kier alpha value is -3.24. The van der Waals surface area contributed by atoms with Gasteiger partial charge in [0.15, 0.2) is 0 Å². The van der Waals surface area contributed by atoms with Gasteiger partial charge in [-0.1, -0.05) is 86.8 Å². The van der Waals surface area contributed by atoms with Crippen molar-refractivity contribution in [3.05, 3.63) is 95.6 Å². The summed E-state index contributed by atoms with van der Waals surface area (Å²) in [7, 11) is 0. The van der Waals surface area contributed by atoms with Crippen molar-refractivity contribution in [2.75, 3.05) is 5.32 Å². The van der Waals surface area contributed by atoms with Crippen molar-refractivity contribution in [1.29, 1.82) is 0 Å². The number of allylic oxidation sites excluding steroid dienone is 4. The first-order chi connectivity index (χ1) is 14.3. The van der Waals surface area contributed by atoms with Gasteiger partial charge in [0.1, 0.15) is 4.99 Å². The molecular weight excluding hydrogens is 390 g/mol. The lowest BCUT2D eigenvalue weighted by molar-refractivity contribution is 0.0697. The Morgan fingerprint density at radius 2 is 1.67 bits per heavy atom.